The van der Waals surface area contributed by atoms with Crippen LogP contribution in [0.3, 0.4) is 0 Å². The lowest BCUT2D eigenvalue weighted by atomic mass is 9.68. The number of para-hydroxylation sites is 3. The molecule has 1 aliphatic rings. The highest BCUT2D eigenvalue weighted by Crippen LogP contribution is 2.54. The summed E-state index contributed by atoms with van der Waals surface area (Å²) in [6, 6.07) is 36.4. The average Bonchev–Trinajstić information content (AvgIpc) is 3.21. The van der Waals surface area contributed by atoms with E-state index in [1.165, 1.54) is 11.1 Å². The van der Waals surface area contributed by atoms with Crippen LogP contribution in [0.2, 0.25) is 0 Å². The molecule has 0 saturated heterocycles. The monoisotopic (exact) mass is 498 g/mol. The molecule has 0 fully saturated rings. The topological polar surface area (TPSA) is 52.1 Å². The van der Waals surface area contributed by atoms with Crippen LogP contribution >= 0.6 is 0 Å². The molecule has 4 nitrogen and oxygen atoms in total. The largest absolute Gasteiger partial charge is 0.426 e. The maximum atomic E-state index is 13.4. The summed E-state index contributed by atoms with van der Waals surface area (Å²) < 4.78 is 5.79. The summed E-state index contributed by atoms with van der Waals surface area (Å²) in [5, 5.41) is 0. The molecule has 6 rings (SSSR count). The van der Waals surface area contributed by atoms with Gasteiger partial charge >= 0.3 is 5.97 Å². The molecule has 188 valence electrons. The fraction of sp³-hybridized carbons (Fsp3) is 0.206. The Kier molecular flexibility index (Phi) is 6.24. The van der Waals surface area contributed by atoms with Gasteiger partial charge in [0, 0.05) is 11.0 Å². The molecule has 0 saturated carbocycles. The molecule has 0 radical (unpaired) electrons. The predicted molar refractivity (Wildman–Crippen MR) is 151 cm³/mol. The van der Waals surface area contributed by atoms with Crippen molar-refractivity contribution in [1.29, 1.82) is 0 Å². The summed E-state index contributed by atoms with van der Waals surface area (Å²) in [4.78, 5) is 23.7. The lowest BCUT2D eigenvalue weighted by Crippen LogP contribution is -2.34. The van der Waals surface area contributed by atoms with Crippen LogP contribution in [0, 0.1) is 5.92 Å². The molecule has 0 spiro atoms. The van der Waals surface area contributed by atoms with Crippen LogP contribution in [0.4, 0.5) is 0 Å². The van der Waals surface area contributed by atoms with Crippen LogP contribution in [-0.2, 0) is 10.2 Å². The Balaban J connectivity index is 1.48. The van der Waals surface area contributed by atoms with E-state index in [2.05, 4.69) is 55.5 Å². The molecule has 5 aromatic rings. The van der Waals surface area contributed by atoms with Crippen LogP contribution in [0.15, 0.2) is 109 Å². The van der Waals surface area contributed by atoms with Crippen molar-refractivity contribution in [2.75, 3.05) is 0 Å². The number of aromatic nitrogens is 2. The highest BCUT2D eigenvalue weighted by atomic mass is 16.5. The minimum absolute atomic E-state index is 0.234. The number of carbonyl (C=O) groups excluding carboxylic acids is 1. The van der Waals surface area contributed by atoms with Crippen molar-refractivity contribution < 1.29 is 9.53 Å². The van der Waals surface area contributed by atoms with Gasteiger partial charge in [-0.1, -0.05) is 98.8 Å². The number of rotatable bonds is 7. The normalized spacial score (nSPS) is 17.4. The van der Waals surface area contributed by atoms with Crippen molar-refractivity contribution >= 4 is 17.0 Å². The maximum absolute atomic E-state index is 13.4. The first-order valence-electron chi connectivity index (χ1n) is 13.2. The number of nitrogens with zero attached hydrogens (tertiary/aromatic N) is 2. The highest BCUT2D eigenvalue weighted by Gasteiger charge is 2.48. The number of hydrogen-bond donors (Lipinski definition) is 0. The predicted octanol–water partition coefficient (Wildman–Crippen LogP) is 7.72. The summed E-state index contributed by atoms with van der Waals surface area (Å²) in [5.41, 5.74) is 6.69. The van der Waals surface area contributed by atoms with E-state index in [1.807, 2.05) is 67.6 Å². The zero-order valence-electron chi connectivity index (χ0n) is 21.7. The number of fused-ring (bicyclic) bond motifs is 4. The molecule has 3 unspecified atom stereocenters. The number of carbonyl (C=O) groups is 1. The van der Waals surface area contributed by atoms with E-state index in [4.69, 9.17) is 14.7 Å². The second-order valence-corrected chi connectivity index (χ2v) is 10.4. The molecule has 3 atom stereocenters. The first-order valence-corrected chi connectivity index (χ1v) is 13.2. The summed E-state index contributed by atoms with van der Waals surface area (Å²) in [7, 11) is 0. The molecule has 0 amide bonds. The minimum Gasteiger partial charge on any atom is -0.426 e. The second-order valence-electron chi connectivity index (χ2n) is 10.4. The SMILES string of the molecule is CC(CC1(CC(C)c2ccccc2)c2ccccc2-c2nc3ccccc3nc21)C(=O)Oc1ccccc1. The molecule has 1 heterocycles. The van der Waals surface area contributed by atoms with Gasteiger partial charge in [-0.05, 0) is 54.2 Å². The Morgan fingerprint density at radius 3 is 2.08 bits per heavy atom. The molecule has 1 aliphatic carbocycles. The van der Waals surface area contributed by atoms with E-state index in [0.717, 1.165) is 34.4 Å². The van der Waals surface area contributed by atoms with Crippen LogP contribution in [-0.4, -0.2) is 15.9 Å². The maximum Gasteiger partial charge on any atom is 0.314 e. The quantitative estimate of drug-likeness (QED) is 0.170. The number of benzene rings is 4. The number of esters is 1. The molecule has 4 aromatic carbocycles. The number of ether oxygens (including phenoxy) is 1. The summed E-state index contributed by atoms with van der Waals surface area (Å²) in [6.07, 6.45) is 1.38. The standard InChI is InChI=1S/C34H30N2O2/c1-23(25-13-5-3-6-14-25)21-34(22-24(2)33(37)38-26-15-7-4-8-16-26)28-18-10-9-17-27(28)31-32(34)36-30-20-12-11-19-29(30)35-31/h3-20,23-24H,21-22H2,1-2H3. The van der Waals surface area contributed by atoms with E-state index >= 15 is 0 Å². The van der Waals surface area contributed by atoms with Gasteiger partial charge in [0.15, 0.2) is 0 Å². The van der Waals surface area contributed by atoms with Crippen molar-refractivity contribution in [3.8, 4) is 17.0 Å². The second kappa shape index (κ2) is 9.86. The minimum atomic E-state index is -0.493. The third-order valence-electron chi connectivity index (χ3n) is 7.76. The Morgan fingerprint density at radius 2 is 1.34 bits per heavy atom. The van der Waals surface area contributed by atoms with Crippen LogP contribution in [0.5, 0.6) is 5.75 Å². The molecular weight excluding hydrogens is 468 g/mol. The van der Waals surface area contributed by atoms with Gasteiger partial charge in [-0.3, -0.25) is 4.79 Å². The van der Waals surface area contributed by atoms with Crippen molar-refractivity contribution in [3.63, 3.8) is 0 Å². The average molecular weight is 499 g/mol. The van der Waals surface area contributed by atoms with E-state index < -0.39 is 5.41 Å². The zero-order valence-corrected chi connectivity index (χ0v) is 21.7. The van der Waals surface area contributed by atoms with E-state index in [0.29, 0.717) is 12.2 Å². The van der Waals surface area contributed by atoms with Crippen molar-refractivity contribution in [1.82, 2.24) is 9.97 Å². The van der Waals surface area contributed by atoms with Gasteiger partial charge in [0.05, 0.1) is 28.3 Å². The van der Waals surface area contributed by atoms with Gasteiger partial charge in [-0.25, -0.2) is 9.97 Å². The van der Waals surface area contributed by atoms with Gasteiger partial charge < -0.3 is 4.74 Å². The van der Waals surface area contributed by atoms with Gasteiger partial charge in [0.1, 0.15) is 5.75 Å². The lowest BCUT2D eigenvalue weighted by Gasteiger charge is -2.35. The van der Waals surface area contributed by atoms with Crippen LogP contribution in [0.1, 0.15) is 49.4 Å². The highest BCUT2D eigenvalue weighted by molar-refractivity contribution is 5.84. The molecule has 38 heavy (non-hydrogen) atoms. The third-order valence-corrected chi connectivity index (χ3v) is 7.76. The Bertz CT molecular complexity index is 1600. The van der Waals surface area contributed by atoms with Crippen molar-refractivity contribution in [2.24, 2.45) is 5.92 Å². The smallest absolute Gasteiger partial charge is 0.314 e. The molecule has 0 bridgehead atoms. The number of hydrogen-bond acceptors (Lipinski definition) is 4. The Labute approximate surface area is 223 Å². The third kappa shape index (κ3) is 4.26. The molecule has 4 heteroatoms. The van der Waals surface area contributed by atoms with E-state index in [-0.39, 0.29) is 17.8 Å². The van der Waals surface area contributed by atoms with Gasteiger partial charge in [0.25, 0.3) is 0 Å². The van der Waals surface area contributed by atoms with Crippen LogP contribution < -0.4 is 4.74 Å². The molecule has 0 aliphatic heterocycles. The van der Waals surface area contributed by atoms with Gasteiger partial charge in [0.2, 0.25) is 0 Å². The van der Waals surface area contributed by atoms with Crippen molar-refractivity contribution in [3.05, 3.63) is 126 Å². The fourth-order valence-corrected chi connectivity index (χ4v) is 5.99. The fourth-order valence-electron chi connectivity index (χ4n) is 5.99. The molecular formula is C34H30N2O2. The molecule has 0 N–H and O–H groups in total. The Hall–Kier alpha value is -4.31. The van der Waals surface area contributed by atoms with E-state index in [1.54, 1.807) is 0 Å². The Morgan fingerprint density at radius 1 is 0.737 bits per heavy atom. The molecule has 1 aromatic heterocycles. The van der Waals surface area contributed by atoms with Crippen LogP contribution in [0.25, 0.3) is 22.3 Å². The zero-order chi connectivity index (χ0) is 26.1. The first-order chi connectivity index (χ1) is 18.5. The summed E-state index contributed by atoms with van der Waals surface area (Å²) in [5.74, 6) is 0.211. The van der Waals surface area contributed by atoms with Crippen molar-refractivity contribution in [2.45, 2.75) is 38.0 Å². The lowest BCUT2D eigenvalue weighted by molar-refractivity contribution is -0.139. The van der Waals surface area contributed by atoms with Gasteiger partial charge in [-0.2, -0.15) is 0 Å². The first kappa shape index (κ1) is 24.1. The summed E-state index contributed by atoms with van der Waals surface area (Å²) >= 11 is 0. The summed E-state index contributed by atoms with van der Waals surface area (Å²) in [6.45, 7) is 4.23. The van der Waals surface area contributed by atoms with E-state index in [9.17, 15) is 4.79 Å². The van der Waals surface area contributed by atoms with Gasteiger partial charge in [-0.15, -0.1) is 0 Å².